The minimum Gasteiger partial charge on any atom is -0.393 e. The Morgan fingerprint density at radius 3 is 2.74 bits per heavy atom. The van der Waals surface area contributed by atoms with E-state index in [1.165, 1.54) is 5.56 Å². The van der Waals surface area contributed by atoms with Crippen molar-refractivity contribution < 1.29 is 9.90 Å². The molecule has 0 aromatic heterocycles. The van der Waals surface area contributed by atoms with E-state index >= 15 is 0 Å². The second-order valence-electron chi connectivity index (χ2n) is 5.59. The van der Waals surface area contributed by atoms with Gasteiger partial charge in [0.1, 0.15) is 0 Å². The fourth-order valence-corrected chi connectivity index (χ4v) is 2.72. The average Bonchev–Trinajstić information content (AvgIpc) is 2.82. The highest BCUT2D eigenvalue weighted by Crippen LogP contribution is 2.24. The number of hydrogen-bond acceptors (Lipinski definition) is 2. The second kappa shape index (κ2) is 6.71. The fraction of sp³-hybridized carbons (Fsp3) is 0.562. The molecule has 1 aromatic carbocycles. The van der Waals surface area contributed by atoms with Crippen LogP contribution in [0.15, 0.2) is 30.3 Å². The van der Waals surface area contributed by atoms with Crippen LogP contribution in [0, 0.1) is 11.8 Å². The summed E-state index contributed by atoms with van der Waals surface area (Å²) in [7, 11) is 0. The molecule has 1 amide bonds. The lowest BCUT2D eigenvalue weighted by molar-refractivity contribution is -0.124. The molecule has 1 aromatic rings. The first-order valence-corrected chi connectivity index (χ1v) is 7.16. The average molecular weight is 261 g/mol. The largest absolute Gasteiger partial charge is 0.393 e. The zero-order valence-corrected chi connectivity index (χ0v) is 11.5. The van der Waals surface area contributed by atoms with Crippen molar-refractivity contribution in [2.45, 2.75) is 38.7 Å². The van der Waals surface area contributed by atoms with E-state index in [4.69, 9.17) is 0 Å². The highest BCUT2D eigenvalue weighted by molar-refractivity contribution is 5.78. The lowest BCUT2D eigenvalue weighted by atomic mass is 10.00. The van der Waals surface area contributed by atoms with E-state index in [-0.39, 0.29) is 23.8 Å². The number of amides is 1. The summed E-state index contributed by atoms with van der Waals surface area (Å²) >= 11 is 0. The number of rotatable bonds is 5. The Bertz CT molecular complexity index is 404. The molecule has 1 fully saturated rings. The van der Waals surface area contributed by atoms with Crippen LogP contribution in [0.3, 0.4) is 0 Å². The minimum absolute atomic E-state index is 0.0269. The molecule has 19 heavy (non-hydrogen) atoms. The summed E-state index contributed by atoms with van der Waals surface area (Å²) in [6.45, 7) is 2.56. The van der Waals surface area contributed by atoms with Gasteiger partial charge in [-0.25, -0.2) is 0 Å². The van der Waals surface area contributed by atoms with Crippen molar-refractivity contribution in [1.82, 2.24) is 5.32 Å². The minimum atomic E-state index is -0.232. The Hall–Kier alpha value is -1.35. The third-order valence-corrected chi connectivity index (χ3v) is 3.99. The van der Waals surface area contributed by atoms with E-state index in [2.05, 4.69) is 5.32 Å². The van der Waals surface area contributed by atoms with Gasteiger partial charge in [0.05, 0.1) is 6.10 Å². The lowest BCUT2D eigenvalue weighted by Gasteiger charge is -2.17. The van der Waals surface area contributed by atoms with E-state index in [0.29, 0.717) is 6.54 Å². The monoisotopic (exact) mass is 261 g/mol. The van der Waals surface area contributed by atoms with Crippen molar-refractivity contribution >= 4 is 5.91 Å². The van der Waals surface area contributed by atoms with Crippen molar-refractivity contribution in [2.24, 2.45) is 11.8 Å². The number of benzene rings is 1. The van der Waals surface area contributed by atoms with E-state index in [1.807, 2.05) is 37.3 Å². The Morgan fingerprint density at radius 2 is 2.11 bits per heavy atom. The maximum Gasteiger partial charge on any atom is 0.223 e. The first kappa shape index (κ1) is 14.1. The molecule has 3 nitrogen and oxygen atoms in total. The van der Waals surface area contributed by atoms with Crippen molar-refractivity contribution in [3.8, 4) is 0 Å². The van der Waals surface area contributed by atoms with Crippen molar-refractivity contribution in [2.75, 3.05) is 6.54 Å². The van der Waals surface area contributed by atoms with E-state index in [9.17, 15) is 9.90 Å². The molecule has 0 radical (unpaired) electrons. The van der Waals surface area contributed by atoms with Gasteiger partial charge >= 0.3 is 0 Å². The molecule has 2 rings (SSSR count). The SMILES string of the molecule is CC(Cc1ccccc1)C(=O)NCC1CCCC1O. The van der Waals surface area contributed by atoms with Gasteiger partial charge in [-0.1, -0.05) is 43.7 Å². The molecule has 0 saturated heterocycles. The number of aliphatic hydroxyl groups excluding tert-OH is 1. The van der Waals surface area contributed by atoms with Crippen LogP contribution in [0.5, 0.6) is 0 Å². The van der Waals surface area contributed by atoms with Gasteiger partial charge in [-0.2, -0.15) is 0 Å². The molecule has 2 N–H and O–H groups in total. The van der Waals surface area contributed by atoms with Crippen LogP contribution in [0.2, 0.25) is 0 Å². The van der Waals surface area contributed by atoms with Crippen LogP contribution in [0.1, 0.15) is 31.7 Å². The van der Waals surface area contributed by atoms with Crippen LogP contribution in [-0.2, 0) is 11.2 Å². The van der Waals surface area contributed by atoms with Gasteiger partial charge in [-0.15, -0.1) is 0 Å². The van der Waals surface area contributed by atoms with E-state index in [1.54, 1.807) is 0 Å². The van der Waals surface area contributed by atoms with Crippen LogP contribution in [0.25, 0.3) is 0 Å². The Morgan fingerprint density at radius 1 is 1.37 bits per heavy atom. The van der Waals surface area contributed by atoms with Crippen molar-refractivity contribution in [3.63, 3.8) is 0 Å². The Kier molecular flexibility index (Phi) is 4.97. The van der Waals surface area contributed by atoms with Crippen LogP contribution in [-0.4, -0.2) is 23.7 Å². The maximum absolute atomic E-state index is 12.0. The highest BCUT2D eigenvalue weighted by atomic mass is 16.3. The second-order valence-corrected chi connectivity index (χ2v) is 5.59. The first-order chi connectivity index (χ1) is 9.16. The van der Waals surface area contributed by atoms with Gasteiger partial charge in [-0.3, -0.25) is 4.79 Å². The lowest BCUT2D eigenvalue weighted by Crippen LogP contribution is -2.36. The van der Waals surface area contributed by atoms with Gasteiger partial charge in [0, 0.05) is 18.4 Å². The third kappa shape index (κ3) is 4.06. The van der Waals surface area contributed by atoms with Crippen LogP contribution in [0.4, 0.5) is 0 Å². The van der Waals surface area contributed by atoms with E-state index < -0.39 is 0 Å². The van der Waals surface area contributed by atoms with Gasteiger partial charge in [0.2, 0.25) is 5.91 Å². The summed E-state index contributed by atoms with van der Waals surface area (Å²) in [6.07, 6.45) is 3.50. The Labute approximate surface area is 115 Å². The molecule has 0 heterocycles. The molecule has 0 aliphatic heterocycles. The van der Waals surface area contributed by atoms with Gasteiger partial charge < -0.3 is 10.4 Å². The summed E-state index contributed by atoms with van der Waals surface area (Å²) in [5.74, 6) is 0.303. The normalized spacial score (nSPS) is 24.1. The van der Waals surface area contributed by atoms with Gasteiger partial charge in [0.25, 0.3) is 0 Å². The molecule has 1 saturated carbocycles. The molecule has 3 unspecified atom stereocenters. The summed E-state index contributed by atoms with van der Waals surface area (Å²) in [5.41, 5.74) is 1.19. The van der Waals surface area contributed by atoms with Gasteiger partial charge in [0.15, 0.2) is 0 Å². The molecule has 3 heteroatoms. The smallest absolute Gasteiger partial charge is 0.223 e. The molecule has 1 aliphatic carbocycles. The molecule has 104 valence electrons. The summed E-state index contributed by atoms with van der Waals surface area (Å²) in [4.78, 5) is 12.0. The molecular weight excluding hydrogens is 238 g/mol. The number of aliphatic hydroxyl groups is 1. The molecular formula is C16H23NO2. The predicted molar refractivity (Wildman–Crippen MR) is 75.7 cm³/mol. The molecule has 1 aliphatic rings. The predicted octanol–water partition coefficient (Wildman–Crippen LogP) is 2.14. The Balaban J connectivity index is 1.76. The van der Waals surface area contributed by atoms with Gasteiger partial charge in [-0.05, 0) is 24.8 Å². The fourth-order valence-electron chi connectivity index (χ4n) is 2.72. The number of hydrogen-bond donors (Lipinski definition) is 2. The number of nitrogens with one attached hydrogen (secondary N) is 1. The summed E-state index contributed by atoms with van der Waals surface area (Å²) < 4.78 is 0. The summed E-state index contributed by atoms with van der Waals surface area (Å²) in [5, 5.41) is 12.7. The molecule has 3 atom stereocenters. The first-order valence-electron chi connectivity index (χ1n) is 7.16. The maximum atomic E-state index is 12.0. The zero-order chi connectivity index (χ0) is 13.7. The molecule has 0 bridgehead atoms. The van der Waals surface area contributed by atoms with Crippen molar-refractivity contribution in [3.05, 3.63) is 35.9 Å². The highest BCUT2D eigenvalue weighted by Gasteiger charge is 2.25. The van der Waals surface area contributed by atoms with Crippen molar-refractivity contribution in [1.29, 1.82) is 0 Å². The quantitative estimate of drug-likeness (QED) is 0.853. The van der Waals surface area contributed by atoms with E-state index in [0.717, 1.165) is 25.7 Å². The summed E-state index contributed by atoms with van der Waals surface area (Å²) in [6, 6.07) is 10.1. The number of carbonyl (C=O) groups is 1. The zero-order valence-electron chi connectivity index (χ0n) is 11.5. The van der Waals surface area contributed by atoms with Crippen LogP contribution >= 0.6 is 0 Å². The molecule has 0 spiro atoms. The third-order valence-electron chi connectivity index (χ3n) is 3.99. The topological polar surface area (TPSA) is 49.3 Å². The number of carbonyl (C=O) groups excluding carboxylic acids is 1. The van der Waals surface area contributed by atoms with Crippen LogP contribution < -0.4 is 5.32 Å². The standard InChI is InChI=1S/C16H23NO2/c1-12(10-13-6-3-2-4-7-13)16(19)17-11-14-8-5-9-15(14)18/h2-4,6-7,12,14-15,18H,5,8-11H2,1H3,(H,17,19).